The molecular weight excluding hydrogens is 365 g/mol. The summed E-state index contributed by atoms with van der Waals surface area (Å²) in [5.41, 5.74) is 1.54. The first-order valence-corrected chi connectivity index (χ1v) is 8.98. The van der Waals surface area contributed by atoms with Crippen LogP contribution in [0.1, 0.15) is 35.8 Å². The fraction of sp³-hybridized carbons (Fsp3) is 0.250. The molecule has 1 heterocycles. The average molecular weight is 385 g/mol. The van der Waals surface area contributed by atoms with E-state index in [1.165, 1.54) is 16.7 Å². The first kappa shape index (κ1) is 19.0. The number of aromatic amines is 1. The lowest BCUT2D eigenvalue weighted by Crippen LogP contribution is -2.31. The molecule has 0 saturated heterocycles. The molecule has 0 radical (unpaired) electrons. The summed E-state index contributed by atoms with van der Waals surface area (Å²) in [5.74, 6) is -0.489. The van der Waals surface area contributed by atoms with Crippen molar-refractivity contribution >= 4 is 29.0 Å². The van der Waals surface area contributed by atoms with Crippen molar-refractivity contribution in [1.82, 2.24) is 14.9 Å². The molecule has 0 spiro atoms. The van der Waals surface area contributed by atoms with Gasteiger partial charge in [0, 0.05) is 12.6 Å². The van der Waals surface area contributed by atoms with Gasteiger partial charge in [0.05, 0.1) is 16.9 Å². The van der Waals surface area contributed by atoms with Gasteiger partial charge < -0.3 is 10.3 Å². The Hall–Kier alpha value is -2.80. The Bertz CT molecular complexity index is 1120. The molecular formula is C20H20FN3O2S. The van der Waals surface area contributed by atoms with E-state index in [0.29, 0.717) is 16.5 Å². The smallest absolute Gasteiger partial charge is 0.261 e. The van der Waals surface area contributed by atoms with Crippen molar-refractivity contribution in [1.29, 1.82) is 0 Å². The second-order valence-corrected chi connectivity index (χ2v) is 7.19. The molecule has 2 aromatic carbocycles. The highest BCUT2D eigenvalue weighted by Gasteiger charge is 2.19. The van der Waals surface area contributed by atoms with Crippen LogP contribution in [0.5, 0.6) is 0 Å². The number of nitrogens with zero attached hydrogens (tertiary/aromatic N) is 1. The minimum atomic E-state index is -0.320. The largest absolute Gasteiger partial charge is 0.345 e. The van der Waals surface area contributed by atoms with E-state index in [1.807, 2.05) is 13.8 Å². The molecule has 7 heteroatoms. The topological polar surface area (TPSA) is 66.9 Å². The minimum absolute atomic E-state index is 0.109. The zero-order chi connectivity index (χ0) is 19.7. The van der Waals surface area contributed by atoms with Crippen LogP contribution in [0.2, 0.25) is 0 Å². The average Bonchev–Trinajstić information content (AvgIpc) is 2.64. The normalized spacial score (nSPS) is 12.3. The third-order valence-electron chi connectivity index (χ3n) is 4.55. The van der Waals surface area contributed by atoms with E-state index in [1.54, 1.807) is 37.4 Å². The van der Waals surface area contributed by atoms with Crippen LogP contribution in [0.25, 0.3) is 10.9 Å². The summed E-state index contributed by atoms with van der Waals surface area (Å²) in [6.07, 6.45) is 0. The summed E-state index contributed by atoms with van der Waals surface area (Å²) in [6, 6.07) is 10.7. The van der Waals surface area contributed by atoms with Crippen molar-refractivity contribution in [3.8, 4) is 0 Å². The number of H-pyrrole nitrogens is 1. The molecule has 3 aromatic rings. The molecule has 27 heavy (non-hydrogen) atoms. The Labute approximate surface area is 160 Å². The van der Waals surface area contributed by atoms with Crippen molar-refractivity contribution in [2.45, 2.75) is 19.9 Å². The second-order valence-electron chi connectivity index (χ2n) is 6.80. The summed E-state index contributed by atoms with van der Waals surface area (Å²) in [7, 11) is 1.59. The first-order valence-electron chi connectivity index (χ1n) is 8.57. The van der Waals surface area contributed by atoms with Gasteiger partial charge >= 0.3 is 0 Å². The molecule has 0 aliphatic carbocycles. The summed E-state index contributed by atoms with van der Waals surface area (Å²) >= 11 is 5.13. The molecule has 0 aliphatic heterocycles. The number of amides is 1. The van der Waals surface area contributed by atoms with E-state index in [4.69, 9.17) is 12.2 Å². The van der Waals surface area contributed by atoms with Crippen LogP contribution in [0.3, 0.4) is 0 Å². The van der Waals surface area contributed by atoms with Crippen LogP contribution in [0, 0.1) is 16.5 Å². The Morgan fingerprint density at radius 2 is 1.85 bits per heavy atom. The number of rotatable bonds is 4. The fourth-order valence-electron chi connectivity index (χ4n) is 2.98. The van der Waals surface area contributed by atoms with E-state index >= 15 is 0 Å². The molecule has 0 unspecified atom stereocenters. The van der Waals surface area contributed by atoms with Crippen molar-refractivity contribution in [2.24, 2.45) is 13.0 Å². The zero-order valence-corrected chi connectivity index (χ0v) is 16.1. The third-order valence-corrected chi connectivity index (χ3v) is 4.92. The molecule has 0 fully saturated rings. The van der Waals surface area contributed by atoms with Crippen LogP contribution in [0.4, 0.5) is 4.39 Å². The lowest BCUT2D eigenvalue weighted by Gasteiger charge is -2.23. The zero-order valence-electron chi connectivity index (χ0n) is 15.2. The van der Waals surface area contributed by atoms with Crippen LogP contribution in [-0.4, -0.2) is 15.5 Å². The maximum Gasteiger partial charge on any atom is 0.261 e. The number of halogens is 1. The standard InChI is InChI=1S/C20H20FN3O2S/c1-11(2)17(12-4-7-14(21)8-5-12)23-18(25)13-6-9-15-16(10-13)22-20(27)24(3)19(15)26/h4-11,17H,1-3H3,(H,22,27)(H,23,25)/t17-/m0/s1. The third kappa shape index (κ3) is 3.83. The minimum Gasteiger partial charge on any atom is -0.345 e. The quantitative estimate of drug-likeness (QED) is 0.670. The predicted octanol–water partition coefficient (Wildman–Crippen LogP) is 3.86. The summed E-state index contributed by atoms with van der Waals surface area (Å²) in [6.45, 7) is 3.96. The van der Waals surface area contributed by atoms with Gasteiger partial charge in [-0.15, -0.1) is 0 Å². The van der Waals surface area contributed by atoms with Gasteiger partial charge in [0.15, 0.2) is 4.77 Å². The van der Waals surface area contributed by atoms with Crippen molar-refractivity contribution < 1.29 is 9.18 Å². The number of carbonyl (C=O) groups excluding carboxylic acids is 1. The number of benzene rings is 2. The molecule has 0 saturated carbocycles. The number of hydrogen-bond acceptors (Lipinski definition) is 3. The maximum atomic E-state index is 13.2. The number of nitrogens with one attached hydrogen (secondary N) is 2. The van der Waals surface area contributed by atoms with Crippen LogP contribution < -0.4 is 10.9 Å². The van der Waals surface area contributed by atoms with Crippen LogP contribution in [-0.2, 0) is 7.05 Å². The molecule has 1 atom stereocenters. The summed E-state index contributed by atoms with van der Waals surface area (Å²) in [5, 5.41) is 3.45. The molecule has 1 amide bonds. The van der Waals surface area contributed by atoms with Gasteiger partial charge in [0.25, 0.3) is 11.5 Å². The SMILES string of the molecule is CC(C)[C@H](NC(=O)c1ccc2c(=O)n(C)c(=S)[nH]c2c1)c1ccc(F)cc1. The number of hydrogen-bond donors (Lipinski definition) is 2. The Balaban J connectivity index is 1.94. The van der Waals surface area contributed by atoms with Crippen LogP contribution in [0.15, 0.2) is 47.3 Å². The van der Waals surface area contributed by atoms with Crippen molar-refractivity contribution in [3.05, 3.63) is 74.5 Å². The highest BCUT2D eigenvalue weighted by Crippen LogP contribution is 2.23. The lowest BCUT2D eigenvalue weighted by molar-refractivity contribution is 0.0925. The predicted molar refractivity (Wildman–Crippen MR) is 106 cm³/mol. The Morgan fingerprint density at radius 3 is 2.48 bits per heavy atom. The molecule has 5 nitrogen and oxygen atoms in total. The number of carbonyl (C=O) groups is 1. The summed E-state index contributed by atoms with van der Waals surface area (Å²) < 4.78 is 14.8. The van der Waals surface area contributed by atoms with Gasteiger partial charge in [-0.25, -0.2) is 4.39 Å². The molecule has 2 N–H and O–H groups in total. The van der Waals surface area contributed by atoms with E-state index < -0.39 is 0 Å². The van der Waals surface area contributed by atoms with E-state index in [0.717, 1.165) is 5.56 Å². The highest BCUT2D eigenvalue weighted by molar-refractivity contribution is 7.71. The van der Waals surface area contributed by atoms with Gasteiger partial charge in [-0.3, -0.25) is 14.2 Å². The van der Waals surface area contributed by atoms with E-state index in [2.05, 4.69) is 10.3 Å². The summed E-state index contributed by atoms with van der Waals surface area (Å²) in [4.78, 5) is 28.0. The fourth-order valence-corrected chi connectivity index (χ4v) is 3.17. The molecule has 1 aromatic heterocycles. The second kappa shape index (κ2) is 7.44. The highest BCUT2D eigenvalue weighted by atomic mass is 32.1. The number of aromatic nitrogens is 2. The van der Waals surface area contributed by atoms with E-state index in [-0.39, 0.29) is 34.0 Å². The van der Waals surface area contributed by atoms with Crippen molar-refractivity contribution in [3.63, 3.8) is 0 Å². The monoisotopic (exact) mass is 385 g/mol. The van der Waals surface area contributed by atoms with Crippen LogP contribution >= 0.6 is 12.2 Å². The van der Waals surface area contributed by atoms with Gasteiger partial charge in [-0.1, -0.05) is 26.0 Å². The van der Waals surface area contributed by atoms with Gasteiger partial charge in [0.1, 0.15) is 5.82 Å². The van der Waals surface area contributed by atoms with Gasteiger partial charge in [0.2, 0.25) is 0 Å². The van der Waals surface area contributed by atoms with Gasteiger partial charge in [-0.2, -0.15) is 0 Å². The molecule has 140 valence electrons. The van der Waals surface area contributed by atoms with Gasteiger partial charge in [-0.05, 0) is 54.0 Å². The Morgan fingerprint density at radius 1 is 1.19 bits per heavy atom. The lowest BCUT2D eigenvalue weighted by atomic mass is 9.95. The Kier molecular flexibility index (Phi) is 5.23. The molecule has 0 bridgehead atoms. The number of fused-ring (bicyclic) bond motifs is 1. The molecule has 3 rings (SSSR count). The first-order chi connectivity index (χ1) is 12.8. The van der Waals surface area contributed by atoms with E-state index in [9.17, 15) is 14.0 Å². The maximum absolute atomic E-state index is 13.2. The van der Waals surface area contributed by atoms with Crippen molar-refractivity contribution in [2.75, 3.05) is 0 Å². The molecule has 0 aliphatic rings.